The Hall–Kier alpha value is -2.05. The van der Waals surface area contributed by atoms with Gasteiger partial charge >= 0.3 is 0 Å². The van der Waals surface area contributed by atoms with Crippen LogP contribution in [0.25, 0.3) is 0 Å². The lowest BCUT2D eigenvalue weighted by molar-refractivity contribution is -0.118. The number of amides is 1. The summed E-state index contributed by atoms with van der Waals surface area (Å²) >= 11 is 12.0. The highest BCUT2D eigenvalue weighted by Gasteiger charge is 2.17. The van der Waals surface area contributed by atoms with E-state index in [1.807, 2.05) is 13.0 Å². The monoisotopic (exact) mass is 365 g/mol. The van der Waals surface area contributed by atoms with Crippen LogP contribution in [-0.4, -0.2) is 47.5 Å². The molecule has 6 nitrogen and oxygen atoms in total. The number of hydrogen-bond donors (Lipinski definition) is 1. The van der Waals surface area contributed by atoms with Crippen molar-refractivity contribution in [2.24, 2.45) is 0 Å². The van der Waals surface area contributed by atoms with Gasteiger partial charge in [-0.3, -0.25) is 4.79 Å². The number of carbonyl (C=O) groups is 1. The van der Waals surface area contributed by atoms with E-state index in [9.17, 15) is 4.79 Å². The van der Waals surface area contributed by atoms with Gasteiger partial charge in [-0.25, -0.2) is 4.98 Å². The average molecular weight is 366 g/mol. The molecule has 2 aromatic rings. The zero-order chi connectivity index (χ0) is 17.1. The Bertz CT molecular complexity index is 727. The molecule has 0 saturated carbocycles. The zero-order valence-corrected chi connectivity index (χ0v) is 14.7. The average Bonchev–Trinajstić information content (AvgIpc) is 2.53. The molecule has 1 saturated heterocycles. The van der Waals surface area contributed by atoms with Gasteiger partial charge in [-0.1, -0.05) is 23.2 Å². The molecule has 0 aliphatic carbocycles. The van der Waals surface area contributed by atoms with Crippen LogP contribution in [0.4, 0.5) is 17.5 Å². The second kappa shape index (κ2) is 7.23. The van der Waals surface area contributed by atoms with Crippen molar-refractivity contribution in [3.63, 3.8) is 0 Å². The molecule has 0 radical (unpaired) electrons. The van der Waals surface area contributed by atoms with E-state index in [1.54, 1.807) is 23.1 Å². The van der Waals surface area contributed by atoms with Crippen molar-refractivity contribution in [1.29, 1.82) is 0 Å². The summed E-state index contributed by atoms with van der Waals surface area (Å²) in [7, 11) is 0. The lowest BCUT2D eigenvalue weighted by Crippen LogP contribution is -2.46. The fraction of sp³-hybridized carbons (Fsp3) is 0.312. The summed E-state index contributed by atoms with van der Waals surface area (Å²) in [5.41, 5.74) is 1.59. The number of hydrogen-bond acceptors (Lipinski definition) is 5. The minimum atomic E-state index is 0.487. The molecule has 1 N–H and O–H groups in total. The second-order valence-electron chi connectivity index (χ2n) is 5.60. The van der Waals surface area contributed by atoms with E-state index in [2.05, 4.69) is 20.2 Å². The van der Waals surface area contributed by atoms with Gasteiger partial charge in [0.1, 0.15) is 5.82 Å². The molecule has 126 valence electrons. The van der Waals surface area contributed by atoms with Crippen LogP contribution >= 0.6 is 23.2 Å². The van der Waals surface area contributed by atoms with Gasteiger partial charge < -0.3 is 15.1 Å². The van der Waals surface area contributed by atoms with Gasteiger partial charge in [-0.15, -0.1) is 0 Å². The highest BCUT2D eigenvalue weighted by atomic mass is 35.5. The third-order valence-electron chi connectivity index (χ3n) is 3.75. The van der Waals surface area contributed by atoms with Crippen molar-refractivity contribution in [3.8, 4) is 0 Å². The van der Waals surface area contributed by atoms with Crippen molar-refractivity contribution in [3.05, 3.63) is 40.0 Å². The molecular weight excluding hydrogens is 349 g/mol. The third-order valence-corrected chi connectivity index (χ3v) is 4.18. The summed E-state index contributed by atoms with van der Waals surface area (Å²) < 4.78 is 0. The van der Waals surface area contributed by atoms with Gasteiger partial charge in [-0.2, -0.15) is 4.98 Å². The maximum atomic E-state index is 10.8. The van der Waals surface area contributed by atoms with E-state index in [4.69, 9.17) is 23.2 Å². The Morgan fingerprint density at radius 3 is 2.33 bits per heavy atom. The first kappa shape index (κ1) is 16.8. The highest BCUT2D eigenvalue weighted by Crippen LogP contribution is 2.25. The lowest BCUT2D eigenvalue weighted by Gasteiger charge is -2.33. The number of aryl methyl sites for hydroxylation is 1. The van der Waals surface area contributed by atoms with Crippen LogP contribution < -0.4 is 10.2 Å². The maximum Gasteiger partial charge on any atom is 0.229 e. The van der Waals surface area contributed by atoms with E-state index in [0.29, 0.717) is 29.1 Å². The molecule has 8 heteroatoms. The molecule has 1 aromatic carbocycles. The summed E-state index contributed by atoms with van der Waals surface area (Å²) in [6, 6.07) is 7.14. The number of benzene rings is 1. The normalized spacial score (nSPS) is 14.6. The molecule has 1 amide bonds. The van der Waals surface area contributed by atoms with Crippen LogP contribution in [0.5, 0.6) is 0 Å². The Balaban J connectivity index is 1.80. The van der Waals surface area contributed by atoms with Crippen LogP contribution in [0.15, 0.2) is 24.3 Å². The minimum Gasteiger partial charge on any atom is -0.353 e. The Morgan fingerprint density at radius 1 is 1.04 bits per heavy atom. The number of nitrogens with one attached hydrogen (secondary N) is 1. The summed E-state index contributed by atoms with van der Waals surface area (Å²) in [5, 5.41) is 4.23. The van der Waals surface area contributed by atoms with Crippen molar-refractivity contribution in [2.75, 3.05) is 36.4 Å². The van der Waals surface area contributed by atoms with E-state index >= 15 is 0 Å². The SMILES string of the molecule is Cc1cc(N2CCN(C=O)CC2)nc(Nc2cc(Cl)cc(Cl)c2)n1. The number of carbonyl (C=O) groups excluding carboxylic acids is 1. The van der Waals surface area contributed by atoms with Crippen LogP contribution in [0.1, 0.15) is 5.69 Å². The number of halogens is 2. The smallest absolute Gasteiger partial charge is 0.229 e. The lowest BCUT2D eigenvalue weighted by atomic mass is 10.3. The first-order valence-electron chi connectivity index (χ1n) is 7.56. The molecule has 0 atom stereocenters. The fourth-order valence-corrected chi connectivity index (χ4v) is 3.11. The minimum absolute atomic E-state index is 0.487. The first-order chi connectivity index (χ1) is 11.5. The zero-order valence-electron chi connectivity index (χ0n) is 13.2. The number of aromatic nitrogens is 2. The van der Waals surface area contributed by atoms with Gasteiger partial charge in [0.2, 0.25) is 12.4 Å². The fourth-order valence-electron chi connectivity index (χ4n) is 2.58. The second-order valence-corrected chi connectivity index (χ2v) is 6.48. The van der Waals surface area contributed by atoms with E-state index in [0.717, 1.165) is 36.7 Å². The van der Waals surface area contributed by atoms with Crippen LogP contribution in [-0.2, 0) is 4.79 Å². The van der Waals surface area contributed by atoms with Crippen molar-refractivity contribution in [2.45, 2.75) is 6.92 Å². The van der Waals surface area contributed by atoms with Crippen molar-refractivity contribution < 1.29 is 4.79 Å². The van der Waals surface area contributed by atoms with Crippen molar-refractivity contribution >= 4 is 47.1 Å². The maximum absolute atomic E-state index is 10.8. The molecule has 1 aliphatic heterocycles. The Kier molecular flexibility index (Phi) is 5.06. The molecule has 0 bridgehead atoms. The molecule has 0 spiro atoms. The molecule has 1 aromatic heterocycles. The predicted octanol–water partition coefficient (Wildman–Crippen LogP) is 3.11. The van der Waals surface area contributed by atoms with Gasteiger partial charge in [0.25, 0.3) is 0 Å². The quantitative estimate of drug-likeness (QED) is 0.843. The van der Waals surface area contributed by atoms with Gasteiger partial charge in [0, 0.05) is 53.7 Å². The van der Waals surface area contributed by atoms with E-state index in [1.165, 1.54) is 0 Å². The standard InChI is InChI=1S/C16H17Cl2N5O/c1-11-6-15(23-4-2-22(10-24)3-5-23)21-16(19-11)20-14-8-12(17)7-13(18)9-14/h6-10H,2-5H2,1H3,(H,19,20,21). The van der Waals surface area contributed by atoms with Gasteiger partial charge in [-0.05, 0) is 25.1 Å². The van der Waals surface area contributed by atoms with Gasteiger partial charge in [0.15, 0.2) is 0 Å². The summed E-state index contributed by atoms with van der Waals surface area (Å²) in [6.45, 7) is 4.80. The molecular formula is C16H17Cl2N5O. The largest absolute Gasteiger partial charge is 0.353 e. The molecule has 2 heterocycles. The van der Waals surface area contributed by atoms with Crippen LogP contribution in [0, 0.1) is 6.92 Å². The number of piperazine rings is 1. The van der Waals surface area contributed by atoms with Gasteiger partial charge in [0.05, 0.1) is 0 Å². The summed E-state index contributed by atoms with van der Waals surface area (Å²) in [4.78, 5) is 23.7. The van der Waals surface area contributed by atoms with E-state index in [-0.39, 0.29) is 0 Å². The Labute approximate surface area is 150 Å². The predicted molar refractivity (Wildman–Crippen MR) is 96.4 cm³/mol. The molecule has 1 aliphatic rings. The number of nitrogens with zero attached hydrogens (tertiary/aromatic N) is 4. The molecule has 24 heavy (non-hydrogen) atoms. The molecule has 0 unspecified atom stereocenters. The molecule has 1 fully saturated rings. The number of anilines is 3. The summed E-state index contributed by atoms with van der Waals surface area (Å²) in [6.07, 6.45) is 0.887. The first-order valence-corrected chi connectivity index (χ1v) is 8.32. The van der Waals surface area contributed by atoms with Crippen LogP contribution in [0.3, 0.4) is 0 Å². The van der Waals surface area contributed by atoms with Crippen molar-refractivity contribution in [1.82, 2.24) is 14.9 Å². The topological polar surface area (TPSA) is 61.4 Å². The third kappa shape index (κ3) is 4.07. The van der Waals surface area contributed by atoms with E-state index < -0.39 is 0 Å². The number of rotatable bonds is 4. The Morgan fingerprint density at radius 2 is 1.71 bits per heavy atom. The summed E-state index contributed by atoms with van der Waals surface area (Å²) in [5.74, 6) is 1.32. The highest BCUT2D eigenvalue weighted by molar-refractivity contribution is 6.35. The molecule has 3 rings (SSSR count). The van der Waals surface area contributed by atoms with Crippen LogP contribution in [0.2, 0.25) is 10.0 Å².